The van der Waals surface area contributed by atoms with Crippen molar-refractivity contribution in [2.45, 2.75) is 0 Å². The maximum Gasteiger partial charge on any atom is 0.319 e. The monoisotopic (exact) mass is 395 g/mol. The quantitative estimate of drug-likeness (QED) is 0.488. The maximum atomic E-state index is 13.0. The molecule has 0 atom stereocenters. The van der Waals surface area contributed by atoms with Gasteiger partial charge in [0, 0.05) is 0 Å². The predicted octanol–water partition coefficient (Wildman–Crippen LogP) is 3.56. The third-order valence-electron chi connectivity index (χ3n) is 3.95. The van der Waals surface area contributed by atoms with Crippen LogP contribution in [0.25, 0.3) is 10.2 Å². The first kappa shape index (κ1) is 18.0. The molecule has 1 aromatic heterocycles. The normalized spacial score (nSPS) is 13.7. The van der Waals surface area contributed by atoms with E-state index in [0.29, 0.717) is 18.3 Å². The summed E-state index contributed by atoms with van der Waals surface area (Å²) in [6.07, 6.45) is 2.91. The van der Waals surface area contributed by atoms with Gasteiger partial charge in [-0.3, -0.25) is 4.79 Å². The number of nitrogens with zero attached hydrogens (tertiary/aromatic N) is 3. The van der Waals surface area contributed by atoms with Crippen LogP contribution in [-0.4, -0.2) is 37.4 Å². The van der Waals surface area contributed by atoms with Crippen molar-refractivity contribution in [1.82, 2.24) is 4.98 Å². The first-order chi connectivity index (χ1) is 13.7. The lowest BCUT2D eigenvalue weighted by molar-refractivity contribution is -0.119. The van der Waals surface area contributed by atoms with E-state index in [0.717, 1.165) is 21.5 Å². The fourth-order valence-corrected chi connectivity index (χ4v) is 3.46. The number of carbonyl (C=O) groups is 1. The number of rotatable bonds is 5. The molecular formula is C20H17N3O4S. The van der Waals surface area contributed by atoms with Gasteiger partial charge in [-0.15, -0.1) is 0 Å². The molecule has 0 saturated heterocycles. The average Bonchev–Trinajstić information content (AvgIpc) is 3.18. The second kappa shape index (κ2) is 8.10. The van der Waals surface area contributed by atoms with Crippen LogP contribution in [0, 0.1) is 0 Å². The number of amides is 1. The molecule has 28 heavy (non-hydrogen) atoms. The van der Waals surface area contributed by atoms with Crippen LogP contribution in [0.4, 0.5) is 5.13 Å². The van der Waals surface area contributed by atoms with Crippen LogP contribution in [0.15, 0.2) is 65.7 Å². The van der Waals surface area contributed by atoms with Crippen LogP contribution in [-0.2, 0) is 14.3 Å². The van der Waals surface area contributed by atoms with Gasteiger partial charge in [0.25, 0.3) is 0 Å². The number of thiazole rings is 1. The third kappa shape index (κ3) is 3.81. The summed E-state index contributed by atoms with van der Waals surface area (Å²) in [5.41, 5.74) is 1.62. The summed E-state index contributed by atoms with van der Waals surface area (Å²) in [5.74, 6) is 0.398. The molecule has 2 heterocycles. The number of ether oxygens (including phenoxy) is 3. The second-order valence-electron chi connectivity index (χ2n) is 5.80. The SMILES string of the molecule is COc1ccc(/C=N/N(C(=O)C2=COCCO2)c2nc3ccccc3s2)cc1. The van der Waals surface area contributed by atoms with Crippen LogP contribution in [0.2, 0.25) is 0 Å². The Morgan fingerprint density at radius 2 is 2.04 bits per heavy atom. The number of benzene rings is 2. The molecule has 1 amide bonds. The Balaban J connectivity index is 1.68. The molecule has 0 aliphatic carbocycles. The number of anilines is 1. The fraction of sp³-hybridized carbons (Fsp3) is 0.150. The Morgan fingerprint density at radius 1 is 1.21 bits per heavy atom. The third-order valence-corrected chi connectivity index (χ3v) is 4.97. The van der Waals surface area contributed by atoms with Crippen molar-refractivity contribution in [3.63, 3.8) is 0 Å². The summed E-state index contributed by atoms with van der Waals surface area (Å²) < 4.78 is 16.8. The van der Waals surface area contributed by atoms with E-state index < -0.39 is 5.91 Å². The van der Waals surface area contributed by atoms with E-state index in [1.54, 1.807) is 13.3 Å². The van der Waals surface area contributed by atoms with Gasteiger partial charge in [-0.25, -0.2) is 4.98 Å². The molecule has 2 aromatic carbocycles. The molecule has 0 N–H and O–H groups in total. The van der Waals surface area contributed by atoms with Gasteiger partial charge in [-0.05, 0) is 42.0 Å². The van der Waals surface area contributed by atoms with Gasteiger partial charge >= 0.3 is 5.91 Å². The number of methoxy groups -OCH3 is 1. The Kier molecular flexibility index (Phi) is 5.20. The highest BCUT2D eigenvalue weighted by Gasteiger charge is 2.26. The van der Waals surface area contributed by atoms with Crippen molar-refractivity contribution in [1.29, 1.82) is 0 Å². The van der Waals surface area contributed by atoms with Crippen LogP contribution in [0.1, 0.15) is 5.56 Å². The van der Waals surface area contributed by atoms with Gasteiger partial charge < -0.3 is 14.2 Å². The minimum absolute atomic E-state index is 0.0948. The first-order valence-corrected chi connectivity index (χ1v) is 9.39. The number of carbonyl (C=O) groups excluding carboxylic acids is 1. The molecule has 0 unspecified atom stereocenters. The Bertz CT molecular complexity index is 1010. The highest BCUT2D eigenvalue weighted by molar-refractivity contribution is 7.22. The van der Waals surface area contributed by atoms with E-state index in [-0.39, 0.29) is 5.76 Å². The minimum atomic E-state index is -0.441. The van der Waals surface area contributed by atoms with Crippen molar-refractivity contribution in [3.05, 3.63) is 66.1 Å². The summed E-state index contributed by atoms with van der Waals surface area (Å²) in [7, 11) is 1.61. The number of hydrogen-bond acceptors (Lipinski definition) is 7. The van der Waals surface area contributed by atoms with Crippen LogP contribution in [0.3, 0.4) is 0 Å². The van der Waals surface area contributed by atoms with Gasteiger partial charge in [0.15, 0.2) is 0 Å². The lowest BCUT2D eigenvalue weighted by Crippen LogP contribution is -2.30. The zero-order valence-corrected chi connectivity index (χ0v) is 15.9. The molecule has 142 valence electrons. The standard InChI is InChI=1S/C20H17N3O4S/c1-25-15-8-6-14(7-9-15)12-21-23(19(24)17-13-26-10-11-27-17)20-22-16-4-2-3-5-18(16)28-20/h2-9,12-13H,10-11H2,1H3/b21-12+. The summed E-state index contributed by atoms with van der Waals surface area (Å²) in [5, 5.41) is 6.06. The number of fused-ring (bicyclic) bond motifs is 1. The van der Waals surface area contributed by atoms with Gasteiger partial charge in [0.1, 0.15) is 25.2 Å². The van der Waals surface area contributed by atoms with Crippen molar-refractivity contribution < 1.29 is 19.0 Å². The summed E-state index contributed by atoms with van der Waals surface area (Å²) in [6, 6.07) is 15.0. The Morgan fingerprint density at radius 3 is 2.75 bits per heavy atom. The minimum Gasteiger partial charge on any atom is -0.497 e. The molecule has 7 nitrogen and oxygen atoms in total. The number of hydrazone groups is 1. The molecule has 0 spiro atoms. The van der Waals surface area contributed by atoms with Crippen LogP contribution in [0.5, 0.6) is 5.75 Å². The van der Waals surface area contributed by atoms with Crippen molar-refractivity contribution >= 4 is 38.8 Å². The van der Waals surface area contributed by atoms with E-state index in [1.165, 1.54) is 22.6 Å². The predicted molar refractivity (Wildman–Crippen MR) is 108 cm³/mol. The van der Waals surface area contributed by atoms with Gasteiger partial charge in [-0.1, -0.05) is 23.5 Å². The van der Waals surface area contributed by atoms with Gasteiger partial charge in [0.2, 0.25) is 10.9 Å². The first-order valence-electron chi connectivity index (χ1n) is 8.57. The van der Waals surface area contributed by atoms with E-state index in [4.69, 9.17) is 14.2 Å². The molecule has 0 fully saturated rings. The molecule has 1 aliphatic rings. The fourth-order valence-electron chi connectivity index (χ4n) is 2.54. The molecule has 3 aromatic rings. The molecule has 0 saturated carbocycles. The zero-order chi connectivity index (χ0) is 19.3. The molecule has 0 radical (unpaired) electrons. The maximum absolute atomic E-state index is 13.0. The molecule has 4 rings (SSSR count). The molecule has 1 aliphatic heterocycles. The summed E-state index contributed by atoms with van der Waals surface area (Å²) in [6.45, 7) is 0.723. The van der Waals surface area contributed by atoms with Gasteiger partial charge in [-0.2, -0.15) is 10.1 Å². The molecule has 8 heteroatoms. The van der Waals surface area contributed by atoms with E-state index in [2.05, 4.69) is 10.1 Å². The molecule has 0 bridgehead atoms. The van der Waals surface area contributed by atoms with E-state index >= 15 is 0 Å². The molecular weight excluding hydrogens is 378 g/mol. The highest BCUT2D eigenvalue weighted by Crippen LogP contribution is 2.30. The average molecular weight is 395 g/mol. The summed E-state index contributed by atoms with van der Waals surface area (Å²) >= 11 is 1.38. The second-order valence-corrected chi connectivity index (χ2v) is 6.81. The number of para-hydroxylation sites is 1. The van der Waals surface area contributed by atoms with Gasteiger partial charge in [0.05, 0.1) is 23.5 Å². The van der Waals surface area contributed by atoms with E-state index in [9.17, 15) is 4.79 Å². The summed E-state index contributed by atoms with van der Waals surface area (Å²) in [4.78, 5) is 17.5. The highest BCUT2D eigenvalue weighted by atomic mass is 32.1. The lowest BCUT2D eigenvalue weighted by atomic mass is 10.2. The largest absolute Gasteiger partial charge is 0.497 e. The Labute approximate surface area is 165 Å². The van der Waals surface area contributed by atoms with Crippen LogP contribution >= 0.6 is 11.3 Å². The lowest BCUT2D eigenvalue weighted by Gasteiger charge is -2.19. The Hall–Kier alpha value is -3.39. The van der Waals surface area contributed by atoms with Crippen molar-refractivity contribution in [3.8, 4) is 5.75 Å². The number of aromatic nitrogens is 1. The zero-order valence-electron chi connectivity index (χ0n) is 15.1. The smallest absolute Gasteiger partial charge is 0.319 e. The van der Waals surface area contributed by atoms with Crippen molar-refractivity contribution in [2.24, 2.45) is 5.10 Å². The topological polar surface area (TPSA) is 73.2 Å². The van der Waals surface area contributed by atoms with Crippen LogP contribution < -0.4 is 9.75 Å². The van der Waals surface area contributed by atoms with E-state index in [1.807, 2.05) is 48.5 Å². The number of hydrogen-bond donors (Lipinski definition) is 0. The van der Waals surface area contributed by atoms with Crippen molar-refractivity contribution in [2.75, 3.05) is 25.3 Å².